The average molecular weight is 296 g/mol. The molecule has 0 unspecified atom stereocenters. The number of aryl methyl sites for hydroxylation is 4. The zero-order valence-corrected chi connectivity index (χ0v) is 13.3. The smallest absolute Gasteiger partial charge is 0.175 e. The highest BCUT2D eigenvalue weighted by Gasteiger charge is 2.11. The highest BCUT2D eigenvalue weighted by molar-refractivity contribution is 7.80. The van der Waals surface area contributed by atoms with E-state index in [4.69, 9.17) is 12.2 Å². The summed E-state index contributed by atoms with van der Waals surface area (Å²) in [5.74, 6) is 0. The Labute approximate surface area is 131 Å². The van der Waals surface area contributed by atoms with Crippen LogP contribution in [0.2, 0.25) is 0 Å². The van der Waals surface area contributed by atoms with Crippen molar-refractivity contribution in [2.75, 3.05) is 10.6 Å². The Bertz CT molecular complexity index is 671. The van der Waals surface area contributed by atoms with E-state index in [-0.39, 0.29) is 0 Å². The Balaban J connectivity index is 1.69. The van der Waals surface area contributed by atoms with Gasteiger partial charge in [0.1, 0.15) is 0 Å². The van der Waals surface area contributed by atoms with Crippen molar-refractivity contribution in [1.82, 2.24) is 0 Å². The summed E-state index contributed by atoms with van der Waals surface area (Å²) < 4.78 is 0. The molecule has 0 bridgehead atoms. The number of hydrogen-bond acceptors (Lipinski definition) is 1. The fourth-order valence-corrected chi connectivity index (χ4v) is 3.23. The molecule has 0 aliphatic heterocycles. The van der Waals surface area contributed by atoms with Gasteiger partial charge < -0.3 is 10.6 Å². The van der Waals surface area contributed by atoms with Crippen LogP contribution in [0.15, 0.2) is 36.4 Å². The molecule has 0 atom stereocenters. The predicted molar refractivity (Wildman–Crippen MR) is 94.2 cm³/mol. The maximum absolute atomic E-state index is 5.41. The summed E-state index contributed by atoms with van der Waals surface area (Å²) in [6.45, 7) is 4.18. The standard InChI is InChI=1S/C18H20N2S/c1-12-8-13(2)10-17(9-12)20-18(21)19-16-7-6-14-4-3-5-15(14)11-16/h6-11H,3-5H2,1-2H3,(H2,19,20,21). The van der Waals surface area contributed by atoms with Crippen molar-refractivity contribution in [3.05, 3.63) is 58.7 Å². The molecule has 0 aromatic heterocycles. The summed E-state index contributed by atoms with van der Waals surface area (Å²) >= 11 is 5.41. The average Bonchev–Trinajstić information content (AvgIpc) is 2.84. The second-order valence-electron chi connectivity index (χ2n) is 5.79. The molecule has 3 heteroatoms. The van der Waals surface area contributed by atoms with Gasteiger partial charge in [-0.05, 0) is 91.8 Å². The van der Waals surface area contributed by atoms with Crippen molar-refractivity contribution in [2.45, 2.75) is 33.1 Å². The number of nitrogens with one attached hydrogen (secondary N) is 2. The lowest BCUT2D eigenvalue weighted by Crippen LogP contribution is -2.19. The van der Waals surface area contributed by atoms with Crippen LogP contribution in [0.3, 0.4) is 0 Å². The summed E-state index contributed by atoms with van der Waals surface area (Å²) in [7, 11) is 0. The Morgan fingerprint density at radius 1 is 0.857 bits per heavy atom. The molecule has 0 saturated heterocycles. The van der Waals surface area contributed by atoms with E-state index in [9.17, 15) is 0 Å². The molecule has 3 rings (SSSR count). The van der Waals surface area contributed by atoms with E-state index in [0.717, 1.165) is 11.4 Å². The van der Waals surface area contributed by atoms with Crippen LogP contribution in [0.5, 0.6) is 0 Å². The van der Waals surface area contributed by atoms with E-state index in [1.54, 1.807) is 0 Å². The van der Waals surface area contributed by atoms with Gasteiger partial charge in [-0.3, -0.25) is 0 Å². The summed E-state index contributed by atoms with van der Waals surface area (Å²) in [5, 5.41) is 7.18. The van der Waals surface area contributed by atoms with E-state index in [1.807, 2.05) is 0 Å². The number of rotatable bonds is 2. The number of hydrogen-bond donors (Lipinski definition) is 2. The molecule has 0 amide bonds. The molecule has 0 saturated carbocycles. The predicted octanol–water partition coefficient (Wildman–Crippen LogP) is 4.60. The van der Waals surface area contributed by atoms with Crippen LogP contribution in [-0.4, -0.2) is 5.11 Å². The van der Waals surface area contributed by atoms with Crippen LogP contribution >= 0.6 is 12.2 Å². The van der Waals surface area contributed by atoms with Crippen LogP contribution in [0.25, 0.3) is 0 Å². The number of anilines is 2. The fraction of sp³-hybridized carbons (Fsp3) is 0.278. The van der Waals surface area contributed by atoms with Crippen LogP contribution < -0.4 is 10.6 Å². The zero-order valence-electron chi connectivity index (χ0n) is 12.5. The third-order valence-electron chi connectivity index (χ3n) is 3.84. The highest BCUT2D eigenvalue weighted by atomic mass is 32.1. The topological polar surface area (TPSA) is 24.1 Å². The molecule has 0 fully saturated rings. The van der Waals surface area contributed by atoms with Gasteiger partial charge >= 0.3 is 0 Å². The second kappa shape index (κ2) is 5.86. The SMILES string of the molecule is Cc1cc(C)cc(NC(=S)Nc2ccc3c(c2)CCC3)c1. The van der Waals surface area contributed by atoms with Gasteiger partial charge in [0.25, 0.3) is 0 Å². The third-order valence-corrected chi connectivity index (χ3v) is 4.04. The van der Waals surface area contributed by atoms with Gasteiger partial charge in [0, 0.05) is 11.4 Å². The minimum atomic E-state index is 0.637. The number of fused-ring (bicyclic) bond motifs is 1. The van der Waals surface area contributed by atoms with Gasteiger partial charge in [0.15, 0.2) is 5.11 Å². The lowest BCUT2D eigenvalue weighted by molar-refractivity contribution is 0.912. The van der Waals surface area contributed by atoms with Crippen LogP contribution in [0, 0.1) is 13.8 Å². The lowest BCUT2D eigenvalue weighted by atomic mass is 10.1. The van der Waals surface area contributed by atoms with Crippen molar-refractivity contribution >= 4 is 28.7 Å². The molecule has 1 aliphatic carbocycles. The second-order valence-corrected chi connectivity index (χ2v) is 6.20. The van der Waals surface area contributed by atoms with Gasteiger partial charge in [-0.2, -0.15) is 0 Å². The molecule has 108 valence electrons. The molecule has 2 nitrogen and oxygen atoms in total. The van der Waals surface area contributed by atoms with Crippen molar-refractivity contribution < 1.29 is 0 Å². The number of benzene rings is 2. The van der Waals surface area contributed by atoms with Gasteiger partial charge in [-0.1, -0.05) is 12.1 Å². The van der Waals surface area contributed by atoms with E-state index < -0.39 is 0 Å². The zero-order chi connectivity index (χ0) is 14.8. The Kier molecular flexibility index (Phi) is 3.93. The number of thiocarbonyl (C=S) groups is 1. The molecule has 0 heterocycles. The van der Waals surface area contributed by atoms with Crippen molar-refractivity contribution in [1.29, 1.82) is 0 Å². The molecule has 0 spiro atoms. The van der Waals surface area contributed by atoms with Gasteiger partial charge in [0.2, 0.25) is 0 Å². The third kappa shape index (κ3) is 3.42. The summed E-state index contributed by atoms with van der Waals surface area (Å²) in [6, 6.07) is 12.9. The lowest BCUT2D eigenvalue weighted by Gasteiger charge is -2.13. The molecule has 1 aliphatic rings. The largest absolute Gasteiger partial charge is 0.332 e. The Hall–Kier alpha value is -1.87. The first kappa shape index (κ1) is 14.1. The van der Waals surface area contributed by atoms with Gasteiger partial charge in [-0.15, -0.1) is 0 Å². The van der Waals surface area contributed by atoms with Crippen LogP contribution in [-0.2, 0) is 12.8 Å². The first-order valence-corrected chi connectivity index (χ1v) is 7.79. The summed E-state index contributed by atoms with van der Waals surface area (Å²) in [5.41, 5.74) is 7.50. The molecular formula is C18H20N2S. The monoisotopic (exact) mass is 296 g/mol. The maximum Gasteiger partial charge on any atom is 0.175 e. The fourth-order valence-electron chi connectivity index (χ4n) is 2.99. The van der Waals surface area contributed by atoms with Crippen LogP contribution in [0.4, 0.5) is 11.4 Å². The molecule has 0 radical (unpaired) electrons. The summed E-state index contributed by atoms with van der Waals surface area (Å²) in [6.07, 6.45) is 3.66. The Morgan fingerprint density at radius 2 is 1.52 bits per heavy atom. The van der Waals surface area contributed by atoms with Crippen LogP contribution in [0.1, 0.15) is 28.7 Å². The summed E-state index contributed by atoms with van der Waals surface area (Å²) in [4.78, 5) is 0. The quantitative estimate of drug-likeness (QED) is 0.792. The van der Waals surface area contributed by atoms with E-state index in [1.165, 1.54) is 41.5 Å². The minimum Gasteiger partial charge on any atom is -0.332 e. The Morgan fingerprint density at radius 3 is 2.29 bits per heavy atom. The van der Waals surface area contributed by atoms with E-state index in [0.29, 0.717) is 5.11 Å². The van der Waals surface area contributed by atoms with Gasteiger partial charge in [0.05, 0.1) is 0 Å². The van der Waals surface area contributed by atoms with Crippen molar-refractivity contribution in [2.24, 2.45) is 0 Å². The molecule has 21 heavy (non-hydrogen) atoms. The normalized spacial score (nSPS) is 12.9. The van der Waals surface area contributed by atoms with Gasteiger partial charge in [-0.25, -0.2) is 0 Å². The van der Waals surface area contributed by atoms with E-state index >= 15 is 0 Å². The molecule has 2 aromatic rings. The van der Waals surface area contributed by atoms with Crippen molar-refractivity contribution in [3.63, 3.8) is 0 Å². The highest BCUT2D eigenvalue weighted by Crippen LogP contribution is 2.25. The first-order valence-electron chi connectivity index (χ1n) is 7.38. The maximum atomic E-state index is 5.41. The molecule has 2 aromatic carbocycles. The molecular weight excluding hydrogens is 276 g/mol. The first-order chi connectivity index (χ1) is 10.1. The minimum absolute atomic E-state index is 0.637. The molecule has 2 N–H and O–H groups in total. The van der Waals surface area contributed by atoms with E-state index in [2.05, 4.69) is 60.9 Å². The van der Waals surface area contributed by atoms with Crippen molar-refractivity contribution in [3.8, 4) is 0 Å².